The van der Waals surface area contributed by atoms with E-state index in [0.717, 1.165) is 5.56 Å². The lowest BCUT2D eigenvalue weighted by Crippen LogP contribution is -2.49. The van der Waals surface area contributed by atoms with Crippen LogP contribution in [-0.4, -0.2) is 27.3 Å². The highest BCUT2D eigenvalue weighted by atomic mass is 79.9. The molecule has 1 aliphatic rings. The lowest BCUT2D eigenvalue weighted by atomic mass is 9.83. The highest BCUT2D eigenvalue weighted by molar-refractivity contribution is 9.10. The molecule has 4 rings (SSSR count). The second-order valence-electron chi connectivity index (χ2n) is 8.87. The minimum atomic E-state index is -4.07. The van der Waals surface area contributed by atoms with Crippen LogP contribution in [0.4, 0.5) is 5.69 Å². The first-order valence-electron chi connectivity index (χ1n) is 11.6. The van der Waals surface area contributed by atoms with Crippen LogP contribution in [0.1, 0.15) is 35.6 Å². The van der Waals surface area contributed by atoms with E-state index in [4.69, 9.17) is 16.3 Å². The Hall–Kier alpha value is -2.88. The van der Waals surface area contributed by atoms with Crippen LogP contribution in [-0.2, 0) is 25.4 Å². The van der Waals surface area contributed by atoms with Crippen molar-refractivity contribution in [1.29, 1.82) is 0 Å². The third-order valence-electron chi connectivity index (χ3n) is 6.34. The summed E-state index contributed by atoms with van der Waals surface area (Å²) in [6, 6.07) is 18.7. The fourth-order valence-corrected chi connectivity index (χ4v) is 6.54. The number of ether oxygens (including phenoxy) is 1. The summed E-state index contributed by atoms with van der Waals surface area (Å²) < 4.78 is 34.3. The number of halogens is 2. The molecule has 1 heterocycles. The first-order chi connectivity index (χ1) is 17.6. The Morgan fingerprint density at radius 2 is 1.81 bits per heavy atom. The van der Waals surface area contributed by atoms with Gasteiger partial charge in [0.2, 0.25) is 21.8 Å². The summed E-state index contributed by atoms with van der Waals surface area (Å²) in [5.41, 5.74) is 2.69. The Labute approximate surface area is 230 Å². The fraction of sp³-hybridized carbons (Fsp3) is 0.259. The van der Waals surface area contributed by atoms with E-state index in [9.17, 15) is 18.0 Å². The van der Waals surface area contributed by atoms with Gasteiger partial charge in [0.05, 0.1) is 29.8 Å². The van der Waals surface area contributed by atoms with Crippen LogP contribution in [0.3, 0.4) is 0 Å². The molecule has 1 N–H and O–H groups in total. The molecule has 0 bridgehead atoms. The average molecular weight is 606 g/mol. The van der Waals surface area contributed by atoms with Gasteiger partial charge in [-0.25, -0.2) is 8.42 Å². The molecule has 37 heavy (non-hydrogen) atoms. The molecular formula is C27H26BrClN2O5S. The molecule has 3 aromatic rings. The number of aryl methyl sites for hydroxylation is 1. The van der Waals surface area contributed by atoms with Crippen LogP contribution in [0.5, 0.6) is 5.75 Å². The first kappa shape index (κ1) is 27.2. The number of amides is 2. The van der Waals surface area contributed by atoms with Gasteiger partial charge in [0.15, 0.2) is 0 Å². The second-order valence-corrected chi connectivity index (χ2v) is 11.8. The van der Waals surface area contributed by atoms with Crippen molar-refractivity contribution in [3.63, 3.8) is 0 Å². The molecule has 0 spiro atoms. The number of hydrogen-bond acceptors (Lipinski definition) is 5. The zero-order valence-electron chi connectivity index (χ0n) is 20.3. The van der Waals surface area contributed by atoms with Gasteiger partial charge in [-0.15, -0.1) is 0 Å². The van der Waals surface area contributed by atoms with Crippen molar-refractivity contribution in [2.24, 2.45) is 5.92 Å². The molecule has 0 radical (unpaired) electrons. The van der Waals surface area contributed by atoms with E-state index in [1.807, 2.05) is 31.2 Å². The van der Waals surface area contributed by atoms with E-state index < -0.39 is 33.6 Å². The number of benzene rings is 3. The van der Waals surface area contributed by atoms with E-state index in [-0.39, 0.29) is 18.7 Å². The molecule has 0 saturated carbocycles. The number of methoxy groups -OCH3 is 1. The lowest BCUT2D eigenvalue weighted by Gasteiger charge is -2.41. The zero-order chi connectivity index (χ0) is 26.7. The molecule has 1 fully saturated rings. The molecular weight excluding hydrogens is 580 g/mol. The predicted molar refractivity (Wildman–Crippen MR) is 147 cm³/mol. The summed E-state index contributed by atoms with van der Waals surface area (Å²) in [6.45, 7) is 1.94. The number of carbonyl (C=O) groups excluding carboxylic acids is 2. The molecule has 0 aliphatic carbocycles. The van der Waals surface area contributed by atoms with Gasteiger partial charge in [0.25, 0.3) is 0 Å². The molecule has 3 aromatic carbocycles. The number of para-hydroxylation sites is 1. The SMILES string of the molecule is COc1ccccc1C1C(C(=O)NS(=O)(=O)Cc2cccc(Cl)c2Br)CCC(=O)N1c1ccc(C)cc1. The molecule has 2 amide bonds. The molecule has 7 nitrogen and oxygen atoms in total. The number of nitrogens with zero attached hydrogens (tertiary/aromatic N) is 1. The maximum absolute atomic E-state index is 13.6. The van der Waals surface area contributed by atoms with Crippen LogP contribution >= 0.6 is 27.5 Å². The smallest absolute Gasteiger partial charge is 0.239 e. The molecule has 2 unspecified atom stereocenters. The van der Waals surface area contributed by atoms with Crippen molar-refractivity contribution in [3.05, 3.63) is 92.9 Å². The van der Waals surface area contributed by atoms with Crippen LogP contribution in [0.25, 0.3) is 0 Å². The zero-order valence-corrected chi connectivity index (χ0v) is 23.4. The summed E-state index contributed by atoms with van der Waals surface area (Å²) >= 11 is 9.41. The van der Waals surface area contributed by atoms with Crippen molar-refractivity contribution < 1.29 is 22.7 Å². The van der Waals surface area contributed by atoms with Gasteiger partial charge in [-0.3, -0.25) is 14.3 Å². The van der Waals surface area contributed by atoms with E-state index in [1.165, 1.54) is 7.11 Å². The number of piperidine rings is 1. The minimum absolute atomic E-state index is 0.0947. The maximum Gasteiger partial charge on any atom is 0.239 e. The van der Waals surface area contributed by atoms with Crippen LogP contribution in [0.15, 0.2) is 71.2 Å². The Balaban J connectivity index is 1.71. The Morgan fingerprint density at radius 1 is 1.11 bits per heavy atom. The standard InChI is InChI=1S/C27H26BrClN2O5S/c1-17-10-12-19(13-11-17)31-24(32)15-14-21(26(31)20-7-3-4-9-23(20)36-2)27(33)30-37(34,35)16-18-6-5-8-22(29)25(18)28/h3-13,21,26H,14-16H2,1-2H3,(H,30,33). The Bertz CT molecular complexity index is 1430. The monoisotopic (exact) mass is 604 g/mol. The quantitative estimate of drug-likeness (QED) is 0.381. The van der Waals surface area contributed by atoms with Crippen LogP contribution in [0, 0.1) is 12.8 Å². The predicted octanol–water partition coefficient (Wildman–Crippen LogP) is 5.55. The van der Waals surface area contributed by atoms with E-state index in [0.29, 0.717) is 32.1 Å². The summed E-state index contributed by atoms with van der Waals surface area (Å²) in [5, 5.41) is 0.370. The molecule has 0 aromatic heterocycles. The van der Waals surface area contributed by atoms with Gasteiger partial charge in [0, 0.05) is 22.1 Å². The van der Waals surface area contributed by atoms with Crippen molar-refractivity contribution in [3.8, 4) is 5.75 Å². The van der Waals surface area contributed by atoms with Crippen molar-refractivity contribution in [2.75, 3.05) is 12.0 Å². The van der Waals surface area contributed by atoms with Gasteiger partial charge >= 0.3 is 0 Å². The number of sulfonamides is 1. The minimum Gasteiger partial charge on any atom is -0.496 e. The van der Waals surface area contributed by atoms with Crippen LogP contribution < -0.4 is 14.4 Å². The third kappa shape index (κ3) is 6.00. The maximum atomic E-state index is 13.6. The summed E-state index contributed by atoms with van der Waals surface area (Å²) in [7, 11) is -2.55. The fourth-order valence-electron chi connectivity index (χ4n) is 4.57. The molecule has 1 aliphatic heterocycles. The number of rotatable bonds is 7. The summed E-state index contributed by atoms with van der Waals surface area (Å²) in [4.78, 5) is 28.4. The largest absolute Gasteiger partial charge is 0.496 e. The second kappa shape index (κ2) is 11.2. The number of hydrogen-bond donors (Lipinski definition) is 1. The highest BCUT2D eigenvalue weighted by Crippen LogP contribution is 2.43. The van der Waals surface area contributed by atoms with Crippen molar-refractivity contribution in [2.45, 2.75) is 31.6 Å². The number of nitrogens with one attached hydrogen (secondary N) is 1. The van der Waals surface area contributed by atoms with E-state index in [2.05, 4.69) is 20.7 Å². The van der Waals surface area contributed by atoms with Crippen molar-refractivity contribution in [1.82, 2.24) is 4.72 Å². The third-order valence-corrected chi connectivity index (χ3v) is 9.02. The van der Waals surface area contributed by atoms with Gasteiger partial charge in [-0.1, -0.05) is 59.6 Å². The molecule has 194 valence electrons. The lowest BCUT2D eigenvalue weighted by molar-refractivity contribution is -0.128. The molecule has 10 heteroatoms. The van der Waals surface area contributed by atoms with Gasteiger partial charge < -0.3 is 9.64 Å². The highest BCUT2D eigenvalue weighted by Gasteiger charge is 2.43. The first-order valence-corrected chi connectivity index (χ1v) is 14.4. The van der Waals surface area contributed by atoms with Gasteiger partial charge in [-0.2, -0.15) is 0 Å². The number of anilines is 1. The van der Waals surface area contributed by atoms with E-state index in [1.54, 1.807) is 47.4 Å². The summed E-state index contributed by atoms with van der Waals surface area (Å²) in [5.74, 6) is -1.61. The van der Waals surface area contributed by atoms with E-state index >= 15 is 0 Å². The average Bonchev–Trinajstić information content (AvgIpc) is 2.86. The summed E-state index contributed by atoms with van der Waals surface area (Å²) in [6.07, 6.45) is 0.281. The normalized spacial score (nSPS) is 17.9. The Kier molecular flexibility index (Phi) is 8.26. The topological polar surface area (TPSA) is 92.8 Å². The van der Waals surface area contributed by atoms with Crippen LogP contribution in [0.2, 0.25) is 5.02 Å². The van der Waals surface area contributed by atoms with Gasteiger partial charge in [0.1, 0.15) is 5.75 Å². The van der Waals surface area contributed by atoms with Gasteiger partial charge in [-0.05, 0) is 59.1 Å². The number of carbonyl (C=O) groups is 2. The van der Waals surface area contributed by atoms with Crippen molar-refractivity contribution >= 4 is 55.1 Å². The molecule has 2 atom stereocenters. The molecule has 1 saturated heterocycles. The Morgan fingerprint density at radius 3 is 2.51 bits per heavy atom.